The molecule has 1 atom stereocenters. The average molecular weight is 685 g/mol. The zero-order valence-electron chi connectivity index (χ0n) is 30.9. The van der Waals surface area contributed by atoms with Crippen molar-refractivity contribution in [1.82, 2.24) is 0 Å². The van der Waals surface area contributed by atoms with Crippen molar-refractivity contribution in [2.45, 2.75) is 85.4 Å². The predicted octanol–water partition coefficient (Wildman–Crippen LogP) is 9.95. The number of allylic oxidation sites excluding steroid dienone is 1. The Balaban J connectivity index is 1.20. The van der Waals surface area contributed by atoms with Gasteiger partial charge in [0.2, 0.25) is 0 Å². The summed E-state index contributed by atoms with van der Waals surface area (Å²) in [6.45, 7) is 11.5. The van der Waals surface area contributed by atoms with Crippen molar-refractivity contribution in [3.63, 3.8) is 0 Å². The highest BCUT2D eigenvalue weighted by atomic mass is 16.6. The van der Waals surface area contributed by atoms with Crippen LogP contribution in [0.3, 0.4) is 0 Å². The van der Waals surface area contributed by atoms with Gasteiger partial charge in [-0.1, -0.05) is 118 Å². The normalized spacial score (nSPS) is 16.5. The van der Waals surface area contributed by atoms with Crippen LogP contribution in [-0.2, 0) is 36.8 Å². The first kappa shape index (κ1) is 37.6. The van der Waals surface area contributed by atoms with Gasteiger partial charge in [0, 0.05) is 29.5 Å². The number of aryl methyl sites for hydroxylation is 2. The van der Waals surface area contributed by atoms with Gasteiger partial charge < -0.3 is 14.2 Å². The molecule has 0 spiro atoms. The van der Waals surface area contributed by atoms with E-state index in [-0.39, 0.29) is 31.6 Å². The van der Waals surface area contributed by atoms with Gasteiger partial charge in [-0.15, -0.1) is 0 Å². The largest absolute Gasteiger partial charge is 0.461 e. The van der Waals surface area contributed by atoms with Crippen LogP contribution in [-0.4, -0.2) is 30.8 Å². The molecule has 1 fully saturated rings. The van der Waals surface area contributed by atoms with Crippen LogP contribution in [0, 0.1) is 36.5 Å². The third-order valence-electron chi connectivity index (χ3n) is 9.29. The van der Waals surface area contributed by atoms with Crippen molar-refractivity contribution < 1.29 is 23.8 Å². The standard InChI is InChI=1S/C46H52O5/c1-33(2)25-40(26-34(3)4)19-23-43-29-46(51-45(43)48,31-49-30-39-9-7-6-8-10-39)32-50-44(47)24-20-38-18-22-41-27-37(17-21-42(41)28-38)16-15-36-13-11-35(5)12-14-36/h6-14,17-18,21-23,27-28,33-34,40H,19-20,24-26,29-32H2,1-5H3/b43-23+/t46-/m1/s1. The van der Waals surface area contributed by atoms with Gasteiger partial charge in [-0.25, -0.2) is 4.79 Å². The fourth-order valence-electron chi connectivity index (χ4n) is 6.78. The number of hydrogen-bond donors (Lipinski definition) is 0. The van der Waals surface area contributed by atoms with Crippen molar-refractivity contribution in [3.05, 3.63) is 130 Å². The van der Waals surface area contributed by atoms with Gasteiger partial charge in [0.15, 0.2) is 5.60 Å². The molecule has 0 saturated carbocycles. The van der Waals surface area contributed by atoms with Crippen molar-refractivity contribution in [2.24, 2.45) is 17.8 Å². The zero-order valence-corrected chi connectivity index (χ0v) is 30.9. The molecule has 0 bridgehead atoms. The summed E-state index contributed by atoms with van der Waals surface area (Å²) in [5.74, 6) is 7.50. The Hall–Kier alpha value is -4.66. The van der Waals surface area contributed by atoms with Gasteiger partial charge in [0.25, 0.3) is 0 Å². The smallest absolute Gasteiger partial charge is 0.334 e. The molecule has 1 aliphatic heterocycles. The van der Waals surface area contributed by atoms with Crippen LogP contribution in [0.2, 0.25) is 0 Å². The molecule has 0 amide bonds. The Bertz CT molecular complexity index is 1850. The van der Waals surface area contributed by atoms with E-state index in [2.05, 4.69) is 88.9 Å². The fraction of sp³-hybridized carbons (Fsp3) is 0.391. The van der Waals surface area contributed by atoms with Crippen molar-refractivity contribution in [3.8, 4) is 11.8 Å². The molecule has 4 aromatic rings. The molecular weight excluding hydrogens is 633 g/mol. The highest BCUT2D eigenvalue weighted by molar-refractivity contribution is 5.91. The van der Waals surface area contributed by atoms with E-state index in [1.165, 1.54) is 5.56 Å². The minimum atomic E-state index is -1.05. The van der Waals surface area contributed by atoms with Crippen LogP contribution >= 0.6 is 0 Å². The number of esters is 2. The van der Waals surface area contributed by atoms with E-state index in [0.29, 0.717) is 42.8 Å². The molecule has 5 heteroatoms. The van der Waals surface area contributed by atoms with Gasteiger partial charge in [-0.05, 0) is 96.5 Å². The third kappa shape index (κ3) is 11.7. The summed E-state index contributed by atoms with van der Waals surface area (Å²) < 4.78 is 17.9. The molecular formula is C46H52O5. The van der Waals surface area contributed by atoms with Gasteiger partial charge in [-0.3, -0.25) is 4.79 Å². The van der Waals surface area contributed by atoms with Crippen LogP contribution in [0.1, 0.15) is 87.6 Å². The second kappa shape index (κ2) is 18.0. The lowest BCUT2D eigenvalue weighted by molar-refractivity contribution is -0.169. The monoisotopic (exact) mass is 684 g/mol. The molecule has 5 nitrogen and oxygen atoms in total. The second-order valence-corrected chi connectivity index (χ2v) is 15.0. The first-order valence-electron chi connectivity index (χ1n) is 18.4. The van der Waals surface area contributed by atoms with Crippen LogP contribution in [0.5, 0.6) is 0 Å². The quantitative estimate of drug-likeness (QED) is 0.0709. The highest BCUT2D eigenvalue weighted by Crippen LogP contribution is 2.34. The van der Waals surface area contributed by atoms with E-state index < -0.39 is 5.60 Å². The van der Waals surface area contributed by atoms with Gasteiger partial charge in [-0.2, -0.15) is 0 Å². The maximum atomic E-state index is 13.2. The maximum absolute atomic E-state index is 13.2. The molecule has 0 aromatic heterocycles. The molecule has 1 heterocycles. The predicted molar refractivity (Wildman–Crippen MR) is 205 cm³/mol. The zero-order chi connectivity index (χ0) is 36.2. The van der Waals surface area contributed by atoms with E-state index in [0.717, 1.165) is 52.3 Å². The molecule has 51 heavy (non-hydrogen) atoms. The minimum absolute atomic E-state index is 0.0464. The Morgan fingerprint density at radius 1 is 0.824 bits per heavy atom. The summed E-state index contributed by atoms with van der Waals surface area (Å²) in [5, 5.41) is 2.19. The molecule has 266 valence electrons. The van der Waals surface area contributed by atoms with Gasteiger partial charge >= 0.3 is 11.9 Å². The second-order valence-electron chi connectivity index (χ2n) is 15.0. The molecule has 0 aliphatic carbocycles. The number of carbonyl (C=O) groups is 2. The minimum Gasteiger partial charge on any atom is -0.461 e. The van der Waals surface area contributed by atoms with Crippen LogP contribution < -0.4 is 0 Å². The van der Waals surface area contributed by atoms with Crippen molar-refractivity contribution in [1.29, 1.82) is 0 Å². The maximum Gasteiger partial charge on any atom is 0.334 e. The van der Waals surface area contributed by atoms with E-state index in [4.69, 9.17) is 14.2 Å². The number of cyclic esters (lactones) is 1. The molecule has 4 aromatic carbocycles. The van der Waals surface area contributed by atoms with Crippen LogP contribution in [0.25, 0.3) is 10.8 Å². The lowest BCUT2D eigenvalue weighted by atomic mass is 9.86. The van der Waals surface area contributed by atoms with E-state index in [1.54, 1.807) is 0 Å². The molecule has 1 saturated heterocycles. The molecule has 0 radical (unpaired) electrons. The van der Waals surface area contributed by atoms with Crippen molar-refractivity contribution in [2.75, 3.05) is 13.2 Å². The number of benzene rings is 4. The first-order chi connectivity index (χ1) is 24.6. The van der Waals surface area contributed by atoms with Crippen LogP contribution in [0.15, 0.2) is 103 Å². The summed E-state index contributed by atoms with van der Waals surface area (Å²) >= 11 is 0. The van der Waals surface area contributed by atoms with Gasteiger partial charge in [0.1, 0.15) is 6.61 Å². The molecule has 0 N–H and O–H groups in total. The Morgan fingerprint density at radius 2 is 1.49 bits per heavy atom. The Labute approximate surface area is 304 Å². The summed E-state index contributed by atoms with van der Waals surface area (Å²) in [4.78, 5) is 26.3. The third-order valence-corrected chi connectivity index (χ3v) is 9.29. The average Bonchev–Trinajstić information content (AvgIpc) is 3.43. The summed E-state index contributed by atoms with van der Waals surface area (Å²) in [6, 6.07) is 30.5. The topological polar surface area (TPSA) is 61.8 Å². The van der Waals surface area contributed by atoms with E-state index >= 15 is 0 Å². The number of ether oxygens (including phenoxy) is 3. The van der Waals surface area contributed by atoms with E-state index in [9.17, 15) is 9.59 Å². The summed E-state index contributed by atoms with van der Waals surface area (Å²) in [5.41, 5.74) is 4.83. The molecule has 5 rings (SSSR count). The number of carbonyl (C=O) groups excluding carboxylic acids is 2. The number of hydrogen-bond acceptors (Lipinski definition) is 5. The van der Waals surface area contributed by atoms with E-state index in [1.807, 2.05) is 54.6 Å². The molecule has 0 unspecified atom stereocenters. The lowest BCUT2D eigenvalue weighted by Gasteiger charge is -2.26. The first-order valence-corrected chi connectivity index (χ1v) is 18.4. The lowest BCUT2D eigenvalue weighted by Crippen LogP contribution is -2.40. The molecule has 1 aliphatic rings. The van der Waals surface area contributed by atoms with Crippen molar-refractivity contribution >= 4 is 22.7 Å². The SMILES string of the molecule is Cc1ccc(C#Cc2ccc3cc(CCC(=O)OC[C@]4(COCc5ccccc5)C/C(=C\CC(CC(C)C)CC(C)C)C(=O)O4)ccc3c2)cc1. The summed E-state index contributed by atoms with van der Waals surface area (Å²) in [6.07, 6.45) is 6.22. The van der Waals surface area contributed by atoms with Gasteiger partial charge in [0.05, 0.1) is 13.2 Å². The fourth-order valence-corrected chi connectivity index (χ4v) is 6.78. The Morgan fingerprint density at radius 3 is 2.22 bits per heavy atom. The number of fused-ring (bicyclic) bond motifs is 1. The van der Waals surface area contributed by atoms with Crippen LogP contribution in [0.4, 0.5) is 0 Å². The highest BCUT2D eigenvalue weighted by Gasteiger charge is 2.45. The number of rotatable bonds is 15. The Kier molecular flexibility index (Phi) is 13.3. The summed E-state index contributed by atoms with van der Waals surface area (Å²) in [7, 11) is 0.